The molecule has 2 saturated heterocycles. The van der Waals surface area contributed by atoms with E-state index in [2.05, 4.69) is 15.1 Å². The van der Waals surface area contributed by atoms with E-state index < -0.39 is 9.84 Å². The van der Waals surface area contributed by atoms with Gasteiger partial charge in [0.25, 0.3) is 5.91 Å². The smallest absolute Gasteiger partial charge is 0.274 e. The lowest BCUT2D eigenvalue weighted by Crippen LogP contribution is -2.41. The summed E-state index contributed by atoms with van der Waals surface area (Å²) in [4.78, 5) is 16.4. The number of carbonyl (C=O) groups is 1. The highest BCUT2D eigenvalue weighted by molar-refractivity contribution is 7.91. The summed E-state index contributed by atoms with van der Waals surface area (Å²) in [5.74, 6) is 0.757. The monoisotopic (exact) mass is 338 g/mol. The lowest BCUT2D eigenvalue weighted by Gasteiger charge is -2.26. The Hall–Kier alpha value is -1.70. The summed E-state index contributed by atoms with van der Waals surface area (Å²) in [5, 5.41) is 8.23. The third-order valence-corrected chi connectivity index (χ3v) is 6.30. The number of rotatable bonds is 4. The summed E-state index contributed by atoms with van der Waals surface area (Å²) in [7, 11) is -3.02. The van der Waals surface area contributed by atoms with Gasteiger partial charge >= 0.3 is 0 Å². The largest absolute Gasteiger partial charge is 0.355 e. The van der Waals surface area contributed by atoms with Crippen LogP contribution in [0.4, 0.5) is 5.82 Å². The lowest BCUT2D eigenvalue weighted by molar-refractivity contribution is 0.0701. The van der Waals surface area contributed by atoms with Crippen molar-refractivity contribution in [1.82, 2.24) is 15.1 Å². The van der Waals surface area contributed by atoms with Gasteiger partial charge in [0.2, 0.25) is 0 Å². The molecule has 2 fully saturated rings. The molecule has 3 rings (SSSR count). The third-order valence-electron chi connectivity index (χ3n) is 4.55. The minimum absolute atomic E-state index is 0.0475. The summed E-state index contributed by atoms with van der Waals surface area (Å²) < 4.78 is 23.3. The molecule has 2 aliphatic heterocycles. The second kappa shape index (κ2) is 6.43. The van der Waals surface area contributed by atoms with Gasteiger partial charge in [-0.2, -0.15) is 0 Å². The highest BCUT2D eigenvalue weighted by atomic mass is 32.2. The molecule has 23 heavy (non-hydrogen) atoms. The average Bonchev–Trinajstić information content (AvgIpc) is 3.18. The first kappa shape index (κ1) is 16.2. The number of hydrogen-bond donors (Lipinski definition) is 0. The number of sulfone groups is 1. The first-order chi connectivity index (χ1) is 11.0. The number of aromatic nitrogens is 2. The molecule has 0 bridgehead atoms. The zero-order chi connectivity index (χ0) is 16.4. The fraction of sp³-hybridized carbons (Fsp3) is 0.667. The molecule has 1 atom stereocenters. The Kier molecular flexibility index (Phi) is 4.52. The molecular formula is C15H22N4O3S. The predicted octanol–water partition coefficient (Wildman–Crippen LogP) is 0.726. The van der Waals surface area contributed by atoms with Crippen LogP contribution < -0.4 is 4.90 Å². The molecule has 2 aliphatic rings. The van der Waals surface area contributed by atoms with Gasteiger partial charge in [0.1, 0.15) is 0 Å². The number of anilines is 1. The summed E-state index contributed by atoms with van der Waals surface area (Å²) in [5.41, 5.74) is 0.277. The third kappa shape index (κ3) is 3.46. The average molecular weight is 338 g/mol. The van der Waals surface area contributed by atoms with Crippen LogP contribution in [-0.2, 0) is 9.84 Å². The molecule has 3 heterocycles. The molecule has 0 radical (unpaired) electrons. The van der Waals surface area contributed by atoms with Crippen LogP contribution in [0.2, 0.25) is 0 Å². The van der Waals surface area contributed by atoms with Crippen molar-refractivity contribution in [1.29, 1.82) is 0 Å². The standard InChI is InChI=1S/C15H22N4O3S/c1-2-19(12-7-10-23(21,22)11-12)15(20)13-5-6-14(17-16-13)18-8-3-4-9-18/h5-6,12H,2-4,7-11H2,1H3. The van der Waals surface area contributed by atoms with Gasteiger partial charge in [0.15, 0.2) is 21.3 Å². The molecule has 1 aromatic rings. The van der Waals surface area contributed by atoms with Crippen molar-refractivity contribution in [2.45, 2.75) is 32.2 Å². The summed E-state index contributed by atoms with van der Waals surface area (Å²) in [6.07, 6.45) is 2.81. The maximum Gasteiger partial charge on any atom is 0.274 e. The van der Waals surface area contributed by atoms with E-state index in [-0.39, 0.29) is 29.1 Å². The van der Waals surface area contributed by atoms with Gasteiger partial charge in [-0.3, -0.25) is 4.79 Å². The minimum atomic E-state index is -3.02. The van der Waals surface area contributed by atoms with Gasteiger partial charge in [-0.1, -0.05) is 0 Å². The SMILES string of the molecule is CCN(C(=O)c1ccc(N2CCCC2)nn1)C1CCS(=O)(=O)C1. The minimum Gasteiger partial charge on any atom is -0.355 e. The molecule has 0 aliphatic carbocycles. The first-order valence-electron chi connectivity index (χ1n) is 8.10. The van der Waals surface area contributed by atoms with Gasteiger partial charge in [-0.15, -0.1) is 10.2 Å². The van der Waals surface area contributed by atoms with Crippen molar-refractivity contribution in [3.63, 3.8) is 0 Å². The second-order valence-corrected chi connectivity index (χ2v) is 8.35. The molecule has 1 aromatic heterocycles. The first-order valence-corrected chi connectivity index (χ1v) is 9.92. The summed E-state index contributed by atoms with van der Waals surface area (Å²) in [6.45, 7) is 4.27. The van der Waals surface area contributed by atoms with Gasteiger partial charge in [-0.25, -0.2) is 8.42 Å². The molecule has 8 heteroatoms. The Balaban J connectivity index is 1.73. The van der Waals surface area contributed by atoms with Crippen molar-refractivity contribution >= 4 is 21.6 Å². The molecule has 0 N–H and O–H groups in total. The summed E-state index contributed by atoms with van der Waals surface area (Å²) in [6, 6.07) is 3.26. The number of carbonyl (C=O) groups excluding carboxylic acids is 1. The van der Waals surface area contributed by atoms with Crippen molar-refractivity contribution < 1.29 is 13.2 Å². The number of hydrogen-bond acceptors (Lipinski definition) is 6. The van der Waals surface area contributed by atoms with Gasteiger partial charge in [0.05, 0.1) is 11.5 Å². The molecular weight excluding hydrogens is 316 g/mol. The molecule has 7 nitrogen and oxygen atoms in total. The molecule has 0 aromatic carbocycles. The van der Waals surface area contributed by atoms with Crippen LogP contribution in [0.3, 0.4) is 0 Å². The fourth-order valence-electron chi connectivity index (χ4n) is 3.29. The van der Waals surface area contributed by atoms with E-state index in [4.69, 9.17) is 0 Å². The Bertz CT molecular complexity index is 668. The Morgan fingerprint density at radius 1 is 1.30 bits per heavy atom. The zero-order valence-corrected chi connectivity index (χ0v) is 14.1. The lowest BCUT2D eigenvalue weighted by atomic mass is 10.2. The van der Waals surface area contributed by atoms with Crippen LogP contribution in [0.15, 0.2) is 12.1 Å². The normalized spacial score (nSPS) is 23.2. The zero-order valence-electron chi connectivity index (χ0n) is 13.3. The topological polar surface area (TPSA) is 83.5 Å². The molecule has 1 amide bonds. The molecule has 126 valence electrons. The van der Waals surface area contributed by atoms with Crippen LogP contribution in [0.1, 0.15) is 36.7 Å². The number of amides is 1. The quantitative estimate of drug-likeness (QED) is 0.805. The van der Waals surface area contributed by atoms with Crippen molar-refractivity contribution in [3.05, 3.63) is 17.8 Å². The van der Waals surface area contributed by atoms with E-state index in [1.165, 1.54) is 0 Å². The Morgan fingerprint density at radius 2 is 2.04 bits per heavy atom. The molecule has 0 saturated carbocycles. The molecule has 1 unspecified atom stereocenters. The van der Waals surface area contributed by atoms with Crippen LogP contribution >= 0.6 is 0 Å². The van der Waals surface area contributed by atoms with Gasteiger partial charge in [-0.05, 0) is 38.3 Å². The fourth-order valence-corrected chi connectivity index (χ4v) is 5.02. The summed E-state index contributed by atoms with van der Waals surface area (Å²) >= 11 is 0. The van der Waals surface area contributed by atoms with E-state index >= 15 is 0 Å². The van der Waals surface area contributed by atoms with Gasteiger partial charge in [0, 0.05) is 25.7 Å². The van der Waals surface area contributed by atoms with E-state index in [9.17, 15) is 13.2 Å². The number of nitrogens with zero attached hydrogens (tertiary/aromatic N) is 4. The van der Waals surface area contributed by atoms with Crippen molar-refractivity contribution in [2.75, 3.05) is 36.0 Å². The van der Waals surface area contributed by atoms with E-state index in [0.29, 0.717) is 13.0 Å². The van der Waals surface area contributed by atoms with Crippen LogP contribution in [0, 0.1) is 0 Å². The van der Waals surface area contributed by atoms with E-state index in [1.807, 2.05) is 13.0 Å². The van der Waals surface area contributed by atoms with Crippen LogP contribution in [0.5, 0.6) is 0 Å². The van der Waals surface area contributed by atoms with E-state index in [1.54, 1.807) is 11.0 Å². The van der Waals surface area contributed by atoms with Gasteiger partial charge < -0.3 is 9.80 Å². The van der Waals surface area contributed by atoms with Crippen molar-refractivity contribution in [3.8, 4) is 0 Å². The predicted molar refractivity (Wildman–Crippen MR) is 87.2 cm³/mol. The maximum absolute atomic E-state index is 12.6. The van der Waals surface area contributed by atoms with E-state index in [0.717, 1.165) is 31.7 Å². The maximum atomic E-state index is 12.6. The van der Waals surface area contributed by atoms with Crippen molar-refractivity contribution in [2.24, 2.45) is 0 Å². The molecule has 0 spiro atoms. The highest BCUT2D eigenvalue weighted by Crippen LogP contribution is 2.20. The van der Waals surface area contributed by atoms with Crippen LogP contribution in [0.25, 0.3) is 0 Å². The Morgan fingerprint density at radius 3 is 2.57 bits per heavy atom. The Labute approximate surface area is 136 Å². The second-order valence-electron chi connectivity index (χ2n) is 6.12. The van der Waals surface area contributed by atoms with Crippen LogP contribution in [-0.4, -0.2) is 66.6 Å². The highest BCUT2D eigenvalue weighted by Gasteiger charge is 2.34.